The van der Waals surface area contributed by atoms with Crippen LogP contribution in [0.5, 0.6) is 0 Å². The molecule has 0 aliphatic carbocycles. The lowest BCUT2D eigenvalue weighted by Gasteiger charge is -2.02. The van der Waals surface area contributed by atoms with Crippen LogP contribution in [0.1, 0.15) is 0 Å². The summed E-state index contributed by atoms with van der Waals surface area (Å²) >= 11 is 4.86. The molecule has 3 N–H and O–H groups in total. The summed E-state index contributed by atoms with van der Waals surface area (Å²) in [7, 11) is 0. The Hall–Kier alpha value is -3.18. The van der Waals surface area contributed by atoms with Gasteiger partial charge in [0.05, 0.1) is 0 Å². The van der Waals surface area contributed by atoms with Crippen molar-refractivity contribution in [2.45, 2.75) is 0 Å². The standard InChI is InChI=1S/C20H15N3OS/c21-20(25)22-16-10-11-18-17(12-16)23-19(24-18)15-8-6-14(7-9-15)13-4-2-1-3-5-13/h1-12H,(H3,21,22,25). The van der Waals surface area contributed by atoms with Crippen LogP contribution in [0.4, 0.5) is 5.69 Å². The first-order valence-corrected chi connectivity index (χ1v) is 8.23. The second-order valence-electron chi connectivity index (χ2n) is 5.63. The zero-order valence-corrected chi connectivity index (χ0v) is 14.1. The maximum absolute atomic E-state index is 5.86. The highest BCUT2D eigenvalue weighted by Gasteiger charge is 2.09. The van der Waals surface area contributed by atoms with Gasteiger partial charge in [-0.05, 0) is 53.7 Å². The first kappa shape index (κ1) is 15.4. The molecule has 5 heteroatoms. The lowest BCUT2D eigenvalue weighted by molar-refractivity contribution is 0.620. The molecule has 0 saturated carbocycles. The summed E-state index contributed by atoms with van der Waals surface area (Å²) in [5.74, 6) is 0.585. The number of hydrogen-bond donors (Lipinski definition) is 2. The minimum Gasteiger partial charge on any atom is -0.436 e. The minimum atomic E-state index is 0.222. The van der Waals surface area contributed by atoms with Crippen molar-refractivity contribution in [1.82, 2.24) is 4.98 Å². The van der Waals surface area contributed by atoms with Crippen molar-refractivity contribution in [1.29, 1.82) is 0 Å². The van der Waals surface area contributed by atoms with Gasteiger partial charge >= 0.3 is 0 Å². The summed E-state index contributed by atoms with van der Waals surface area (Å²) in [6, 6.07) is 24.0. The molecule has 4 nitrogen and oxygen atoms in total. The number of nitrogens with two attached hydrogens (primary N) is 1. The van der Waals surface area contributed by atoms with Crippen LogP contribution < -0.4 is 11.1 Å². The number of fused-ring (bicyclic) bond motifs is 1. The molecule has 1 heterocycles. The number of benzene rings is 3. The predicted octanol–water partition coefficient (Wildman–Crippen LogP) is 4.82. The Labute approximate surface area is 150 Å². The van der Waals surface area contributed by atoms with Crippen molar-refractivity contribution in [3.05, 3.63) is 72.8 Å². The van der Waals surface area contributed by atoms with Gasteiger partial charge in [-0.25, -0.2) is 4.98 Å². The monoisotopic (exact) mass is 345 g/mol. The van der Waals surface area contributed by atoms with Gasteiger partial charge in [-0.2, -0.15) is 0 Å². The molecule has 4 aromatic rings. The smallest absolute Gasteiger partial charge is 0.227 e. The lowest BCUT2D eigenvalue weighted by atomic mass is 10.0. The highest BCUT2D eigenvalue weighted by Crippen LogP contribution is 2.28. The first-order chi connectivity index (χ1) is 12.2. The molecule has 0 bridgehead atoms. The van der Waals surface area contributed by atoms with Crippen molar-refractivity contribution in [2.24, 2.45) is 5.73 Å². The van der Waals surface area contributed by atoms with Gasteiger partial charge in [-0.3, -0.25) is 0 Å². The van der Waals surface area contributed by atoms with E-state index in [1.165, 1.54) is 5.56 Å². The number of oxazole rings is 1. The number of anilines is 1. The van der Waals surface area contributed by atoms with Gasteiger partial charge in [-0.15, -0.1) is 0 Å². The van der Waals surface area contributed by atoms with Crippen LogP contribution in [-0.4, -0.2) is 10.1 Å². The Morgan fingerprint density at radius 2 is 1.56 bits per heavy atom. The molecule has 0 atom stereocenters. The number of aromatic nitrogens is 1. The summed E-state index contributed by atoms with van der Waals surface area (Å²) in [4.78, 5) is 4.56. The molecule has 0 fully saturated rings. The van der Waals surface area contributed by atoms with E-state index in [2.05, 4.69) is 34.6 Å². The van der Waals surface area contributed by atoms with E-state index in [0.29, 0.717) is 5.89 Å². The molecule has 25 heavy (non-hydrogen) atoms. The van der Waals surface area contributed by atoms with Crippen molar-refractivity contribution in [3.63, 3.8) is 0 Å². The van der Waals surface area contributed by atoms with Crippen LogP contribution >= 0.6 is 12.2 Å². The van der Waals surface area contributed by atoms with Gasteiger partial charge < -0.3 is 15.5 Å². The molecule has 1 aromatic heterocycles. The van der Waals surface area contributed by atoms with Crippen LogP contribution in [0.2, 0.25) is 0 Å². The van der Waals surface area contributed by atoms with Crippen LogP contribution in [0.15, 0.2) is 77.2 Å². The molecule has 3 aromatic carbocycles. The zero-order chi connectivity index (χ0) is 17.2. The third kappa shape index (κ3) is 3.22. The fraction of sp³-hybridized carbons (Fsp3) is 0. The van der Waals surface area contributed by atoms with Crippen LogP contribution in [0, 0.1) is 0 Å². The van der Waals surface area contributed by atoms with E-state index in [0.717, 1.165) is 27.9 Å². The average molecular weight is 345 g/mol. The molecule has 0 unspecified atom stereocenters. The average Bonchev–Trinajstić information content (AvgIpc) is 3.05. The number of hydrogen-bond acceptors (Lipinski definition) is 3. The number of rotatable bonds is 3. The lowest BCUT2D eigenvalue weighted by Crippen LogP contribution is -2.18. The summed E-state index contributed by atoms with van der Waals surface area (Å²) in [5.41, 5.74) is 11.0. The van der Waals surface area contributed by atoms with Crippen molar-refractivity contribution >= 4 is 34.1 Å². The van der Waals surface area contributed by atoms with E-state index in [-0.39, 0.29) is 5.11 Å². The number of thiocarbonyl (C=S) groups is 1. The van der Waals surface area contributed by atoms with Gasteiger partial charge in [0.25, 0.3) is 0 Å². The highest BCUT2D eigenvalue weighted by atomic mass is 32.1. The Bertz CT molecular complexity index is 1040. The summed E-state index contributed by atoms with van der Waals surface area (Å²) in [6.45, 7) is 0. The second kappa shape index (κ2) is 6.37. The number of nitrogens with one attached hydrogen (secondary N) is 1. The number of nitrogens with zero attached hydrogens (tertiary/aromatic N) is 1. The van der Waals surface area contributed by atoms with E-state index in [4.69, 9.17) is 22.4 Å². The third-order valence-corrected chi connectivity index (χ3v) is 4.00. The summed E-state index contributed by atoms with van der Waals surface area (Å²) < 4.78 is 5.86. The molecule has 122 valence electrons. The molecule has 4 rings (SSSR count). The SMILES string of the molecule is NC(=S)Nc1ccc2oc(-c3ccc(-c4ccccc4)cc3)nc2c1. The van der Waals surface area contributed by atoms with E-state index < -0.39 is 0 Å². The summed E-state index contributed by atoms with van der Waals surface area (Å²) in [5, 5.41) is 3.12. The summed E-state index contributed by atoms with van der Waals surface area (Å²) in [6.07, 6.45) is 0. The van der Waals surface area contributed by atoms with Gasteiger partial charge in [0.2, 0.25) is 5.89 Å². The van der Waals surface area contributed by atoms with Crippen LogP contribution in [0.3, 0.4) is 0 Å². The third-order valence-electron chi connectivity index (χ3n) is 3.89. The topological polar surface area (TPSA) is 64.1 Å². The largest absolute Gasteiger partial charge is 0.436 e. The van der Waals surface area contributed by atoms with Crippen molar-refractivity contribution < 1.29 is 4.42 Å². The predicted molar refractivity (Wildman–Crippen MR) is 105 cm³/mol. The minimum absolute atomic E-state index is 0.222. The molecular formula is C20H15N3OS. The Balaban J connectivity index is 1.66. The molecule has 0 saturated heterocycles. The van der Waals surface area contributed by atoms with Crippen LogP contribution in [0.25, 0.3) is 33.7 Å². The van der Waals surface area contributed by atoms with Gasteiger partial charge in [0.1, 0.15) is 5.52 Å². The van der Waals surface area contributed by atoms with E-state index >= 15 is 0 Å². The van der Waals surface area contributed by atoms with E-state index in [1.807, 2.05) is 48.5 Å². The van der Waals surface area contributed by atoms with E-state index in [1.54, 1.807) is 0 Å². The molecule has 0 amide bonds. The van der Waals surface area contributed by atoms with Crippen molar-refractivity contribution in [2.75, 3.05) is 5.32 Å². The van der Waals surface area contributed by atoms with Gasteiger partial charge in [-0.1, -0.05) is 42.5 Å². The highest BCUT2D eigenvalue weighted by molar-refractivity contribution is 7.80. The molecule has 0 aliphatic rings. The molecular weight excluding hydrogens is 330 g/mol. The van der Waals surface area contributed by atoms with Crippen molar-refractivity contribution in [3.8, 4) is 22.6 Å². The Morgan fingerprint density at radius 3 is 2.28 bits per heavy atom. The molecule has 0 spiro atoms. The Kier molecular flexibility index (Phi) is 3.91. The van der Waals surface area contributed by atoms with Gasteiger partial charge in [0, 0.05) is 11.3 Å². The molecule has 0 radical (unpaired) electrons. The Morgan fingerprint density at radius 1 is 0.880 bits per heavy atom. The second-order valence-corrected chi connectivity index (χ2v) is 6.07. The van der Waals surface area contributed by atoms with E-state index in [9.17, 15) is 0 Å². The quantitative estimate of drug-likeness (QED) is 0.521. The fourth-order valence-corrected chi connectivity index (χ4v) is 2.82. The fourth-order valence-electron chi connectivity index (χ4n) is 2.71. The van der Waals surface area contributed by atoms with Crippen LogP contribution in [-0.2, 0) is 0 Å². The first-order valence-electron chi connectivity index (χ1n) is 7.82. The molecule has 0 aliphatic heterocycles. The van der Waals surface area contributed by atoms with Gasteiger partial charge in [0.15, 0.2) is 10.7 Å². The maximum atomic E-state index is 5.86. The maximum Gasteiger partial charge on any atom is 0.227 e. The zero-order valence-electron chi connectivity index (χ0n) is 13.3. The normalized spacial score (nSPS) is 10.7.